The minimum atomic E-state index is -3.69. The standard InChI is InChI=1S/C13H13NO2S3/c14-10-12(13-17-8-4-5-9-18-13)19(15,16)11-6-2-1-3-7-11/h1-3,6-7H,4-5,8-9H2. The Morgan fingerprint density at radius 3 is 2.21 bits per heavy atom. The lowest BCUT2D eigenvalue weighted by Gasteiger charge is -2.07. The second kappa shape index (κ2) is 6.51. The van der Waals surface area contributed by atoms with Gasteiger partial charge in [0.25, 0.3) is 0 Å². The van der Waals surface area contributed by atoms with Crippen LogP contribution >= 0.6 is 23.5 Å². The number of hydrogen-bond donors (Lipinski definition) is 0. The molecule has 1 aromatic rings. The van der Waals surface area contributed by atoms with Crippen molar-refractivity contribution in [3.8, 4) is 6.07 Å². The number of nitrogens with zero attached hydrogens (tertiary/aromatic N) is 1. The lowest BCUT2D eigenvalue weighted by atomic mass is 10.4. The summed E-state index contributed by atoms with van der Waals surface area (Å²) in [5, 5.41) is 9.25. The summed E-state index contributed by atoms with van der Waals surface area (Å²) in [7, 11) is -3.69. The summed E-state index contributed by atoms with van der Waals surface area (Å²) in [4.78, 5) is 0.0834. The molecule has 0 radical (unpaired) electrons. The molecule has 1 heterocycles. The molecular formula is C13H13NO2S3. The minimum Gasteiger partial charge on any atom is -0.218 e. The van der Waals surface area contributed by atoms with Gasteiger partial charge in [-0.1, -0.05) is 18.2 Å². The second-order valence-corrected chi connectivity index (χ2v) is 8.30. The van der Waals surface area contributed by atoms with Crippen LogP contribution in [0.1, 0.15) is 12.8 Å². The fourth-order valence-corrected chi connectivity index (χ4v) is 6.00. The average molecular weight is 311 g/mol. The summed E-state index contributed by atoms with van der Waals surface area (Å²) in [6, 6.07) is 10.0. The molecule has 1 fully saturated rings. The van der Waals surface area contributed by atoms with E-state index < -0.39 is 9.84 Å². The zero-order chi connectivity index (χ0) is 13.7. The second-order valence-electron chi connectivity index (χ2n) is 3.95. The molecule has 3 nitrogen and oxygen atoms in total. The number of sulfone groups is 1. The molecular weight excluding hydrogens is 298 g/mol. The molecule has 0 saturated carbocycles. The molecule has 0 aliphatic carbocycles. The first kappa shape index (κ1) is 14.5. The van der Waals surface area contributed by atoms with Crippen LogP contribution < -0.4 is 0 Å². The summed E-state index contributed by atoms with van der Waals surface area (Å²) in [6.07, 6.45) is 2.12. The summed E-state index contributed by atoms with van der Waals surface area (Å²) in [5.74, 6) is 1.75. The van der Waals surface area contributed by atoms with Crippen LogP contribution in [0.4, 0.5) is 0 Å². The van der Waals surface area contributed by atoms with Crippen LogP contribution in [0, 0.1) is 11.3 Å². The molecule has 0 atom stereocenters. The van der Waals surface area contributed by atoms with Crippen LogP contribution in [0.2, 0.25) is 0 Å². The van der Waals surface area contributed by atoms with Crippen molar-refractivity contribution in [3.63, 3.8) is 0 Å². The number of allylic oxidation sites excluding steroid dienone is 1. The molecule has 0 bridgehead atoms. The van der Waals surface area contributed by atoms with Gasteiger partial charge in [-0.3, -0.25) is 0 Å². The first-order valence-electron chi connectivity index (χ1n) is 5.86. The van der Waals surface area contributed by atoms with Crippen LogP contribution in [-0.4, -0.2) is 19.9 Å². The zero-order valence-electron chi connectivity index (χ0n) is 10.2. The summed E-state index contributed by atoms with van der Waals surface area (Å²) < 4.78 is 25.6. The van der Waals surface area contributed by atoms with Crippen molar-refractivity contribution in [1.29, 1.82) is 5.26 Å². The van der Waals surface area contributed by atoms with Gasteiger partial charge >= 0.3 is 0 Å². The summed E-state index contributed by atoms with van der Waals surface area (Å²) in [6.45, 7) is 0. The highest BCUT2D eigenvalue weighted by atomic mass is 32.2. The molecule has 0 N–H and O–H groups in total. The SMILES string of the molecule is N#CC(=C1SCCCCS1)S(=O)(=O)c1ccccc1. The Balaban J connectivity index is 2.47. The van der Waals surface area contributed by atoms with Crippen LogP contribution in [0.5, 0.6) is 0 Å². The van der Waals surface area contributed by atoms with Crippen molar-refractivity contribution >= 4 is 33.4 Å². The van der Waals surface area contributed by atoms with Gasteiger partial charge in [0.1, 0.15) is 6.07 Å². The molecule has 0 unspecified atom stereocenters. The molecule has 1 aliphatic heterocycles. The molecule has 2 rings (SSSR count). The Labute approximate surface area is 122 Å². The van der Waals surface area contributed by atoms with Crippen molar-refractivity contribution in [3.05, 3.63) is 39.5 Å². The van der Waals surface area contributed by atoms with Gasteiger partial charge < -0.3 is 0 Å². The first-order valence-corrected chi connectivity index (χ1v) is 9.32. The highest BCUT2D eigenvalue weighted by Gasteiger charge is 2.25. The number of hydrogen-bond acceptors (Lipinski definition) is 5. The molecule has 0 spiro atoms. The third kappa shape index (κ3) is 3.35. The predicted octanol–water partition coefficient (Wildman–Crippen LogP) is 3.41. The third-order valence-electron chi connectivity index (χ3n) is 2.61. The quantitative estimate of drug-likeness (QED) is 0.783. The normalized spacial score (nSPS) is 16.5. The maximum atomic E-state index is 12.5. The zero-order valence-corrected chi connectivity index (χ0v) is 12.7. The molecule has 1 aliphatic rings. The minimum absolute atomic E-state index is 0.101. The van der Waals surface area contributed by atoms with E-state index in [0.717, 1.165) is 24.3 Å². The summed E-state index contributed by atoms with van der Waals surface area (Å²) in [5.41, 5.74) is 0. The van der Waals surface area contributed by atoms with E-state index >= 15 is 0 Å². The van der Waals surface area contributed by atoms with Crippen molar-refractivity contribution in [2.75, 3.05) is 11.5 Å². The fourth-order valence-electron chi connectivity index (χ4n) is 1.64. The number of benzene rings is 1. The third-order valence-corrected chi connectivity index (χ3v) is 7.22. The fraction of sp³-hybridized carbons (Fsp3) is 0.308. The van der Waals surface area contributed by atoms with Gasteiger partial charge in [-0.25, -0.2) is 8.42 Å². The van der Waals surface area contributed by atoms with Crippen LogP contribution in [0.15, 0.2) is 44.4 Å². The largest absolute Gasteiger partial charge is 0.218 e. The molecule has 0 amide bonds. The Hall–Kier alpha value is -0.900. The topological polar surface area (TPSA) is 57.9 Å². The molecule has 19 heavy (non-hydrogen) atoms. The lowest BCUT2D eigenvalue weighted by molar-refractivity contribution is 0.603. The number of nitriles is 1. The van der Waals surface area contributed by atoms with Gasteiger partial charge in [-0.05, 0) is 36.5 Å². The van der Waals surface area contributed by atoms with E-state index in [2.05, 4.69) is 0 Å². The van der Waals surface area contributed by atoms with Gasteiger partial charge in [0.05, 0.1) is 9.13 Å². The van der Waals surface area contributed by atoms with Crippen molar-refractivity contribution < 1.29 is 8.42 Å². The Kier molecular flexibility index (Phi) is 4.97. The molecule has 1 aromatic carbocycles. The molecule has 6 heteroatoms. The van der Waals surface area contributed by atoms with Crippen LogP contribution in [0.25, 0.3) is 0 Å². The first-order chi connectivity index (χ1) is 9.16. The Morgan fingerprint density at radius 2 is 1.68 bits per heavy atom. The van der Waals surface area contributed by atoms with E-state index in [1.165, 1.54) is 35.7 Å². The molecule has 0 aromatic heterocycles. The highest BCUT2D eigenvalue weighted by molar-refractivity contribution is 8.23. The highest BCUT2D eigenvalue weighted by Crippen LogP contribution is 2.38. The van der Waals surface area contributed by atoms with Gasteiger partial charge in [-0.2, -0.15) is 5.26 Å². The van der Waals surface area contributed by atoms with E-state index in [1.54, 1.807) is 18.2 Å². The Morgan fingerprint density at radius 1 is 1.11 bits per heavy atom. The van der Waals surface area contributed by atoms with Crippen molar-refractivity contribution in [2.45, 2.75) is 17.7 Å². The average Bonchev–Trinajstić information content (AvgIpc) is 2.69. The number of rotatable bonds is 2. The van der Waals surface area contributed by atoms with Crippen LogP contribution in [0.3, 0.4) is 0 Å². The predicted molar refractivity (Wildman–Crippen MR) is 80.4 cm³/mol. The Bertz CT molecular complexity index is 605. The molecule has 1 saturated heterocycles. The monoisotopic (exact) mass is 311 g/mol. The van der Waals surface area contributed by atoms with Crippen molar-refractivity contribution in [1.82, 2.24) is 0 Å². The van der Waals surface area contributed by atoms with E-state index in [0.29, 0.717) is 4.24 Å². The van der Waals surface area contributed by atoms with E-state index in [9.17, 15) is 13.7 Å². The lowest BCUT2D eigenvalue weighted by Crippen LogP contribution is -2.05. The van der Waals surface area contributed by atoms with Gasteiger partial charge in [0.2, 0.25) is 9.84 Å². The maximum absolute atomic E-state index is 12.5. The molecule has 100 valence electrons. The smallest absolute Gasteiger partial charge is 0.218 e. The maximum Gasteiger partial charge on any atom is 0.218 e. The van der Waals surface area contributed by atoms with Gasteiger partial charge in [-0.15, -0.1) is 23.5 Å². The summed E-state index contributed by atoms with van der Waals surface area (Å²) >= 11 is 2.96. The van der Waals surface area contributed by atoms with Crippen LogP contribution in [-0.2, 0) is 9.84 Å². The van der Waals surface area contributed by atoms with E-state index in [1.807, 2.05) is 6.07 Å². The number of thioether (sulfide) groups is 2. The van der Waals surface area contributed by atoms with Gasteiger partial charge in [0, 0.05) is 0 Å². The van der Waals surface area contributed by atoms with Crippen molar-refractivity contribution in [2.24, 2.45) is 0 Å². The van der Waals surface area contributed by atoms with E-state index in [-0.39, 0.29) is 9.80 Å². The van der Waals surface area contributed by atoms with Gasteiger partial charge in [0.15, 0.2) is 4.91 Å². The van der Waals surface area contributed by atoms with E-state index in [4.69, 9.17) is 0 Å².